The van der Waals surface area contributed by atoms with Gasteiger partial charge in [-0.25, -0.2) is 0 Å². The molecular weight excluding hydrogens is 420 g/mol. The smallest absolute Gasteiger partial charge is 0.261 e. The maximum absolute atomic E-state index is 13.3. The maximum atomic E-state index is 13.3. The fourth-order valence-corrected chi connectivity index (χ4v) is 3.46. The Morgan fingerprint density at radius 1 is 0.970 bits per heavy atom. The first-order chi connectivity index (χ1) is 15.8. The zero-order chi connectivity index (χ0) is 24.4. The molecule has 2 rings (SSSR count). The van der Waals surface area contributed by atoms with Gasteiger partial charge in [0.2, 0.25) is 5.91 Å². The van der Waals surface area contributed by atoms with Crippen molar-refractivity contribution in [1.29, 1.82) is 0 Å². The molecule has 33 heavy (non-hydrogen) atoms. The number of methoxy groups -OCH3 is 2. The van der Waals surface area contributed by atoms with E-state index in [1.54, 1.807) is 37.3 Å². The van der Waals surface area contributed by atoms with Gasteiger partial charge in [-0.3, -0.25) is 9.59 Å². The first-order valence-corrected chi connectivity index (χ1v) is 11.3. The van der Waals surface area contributed by atoms with E-state index in [1.165, 1.54) is 0 Å². The summed E-state index contributed by atoms with van der Waals surface area (Å²) in [5, 5.41) is 3.01. The summed E-state index contributed by atoms with van der Waals surface area (Å²) < 4.78 is 16.3. The number of carbonyl (C=O) groups is 2. The first-order valence-electron chi connectivity index (χ1n) is 11.3. The number of amides is 2. The van der Waals surface area contributed by atoms with Crippen molar-refractivity contribution in [1.82, 2.24) is 10.2 Å². The van der Waals surface area contributed by atoms with Crippen LogP contribution < -0.4 is 19.5 Å². The average molecular weight is 457 g/mol. The van der Waals surface area contributed by atoms with Crippen molar-refractivity contribution in [3.8, 4) is 17.2 Å². The summed E-state index contributed by atoms with van der Waals surface area (Å²) in [4.78, 5) is 27.9. The highest BCUT2D eigenvalue weighted by Crippen LogP contribution is 2.27. The molecule has 0 saturated heterocycles. The molecule has 0 spiro atoms. The number of nitrogens with one attached hydrogen (secondary N) is 1. The summed E-state index contributed by atoms with van der Waals surface area (Å²) >= 11 is 0. The van der Waals surface area contributed by atoms with E-state index in [1.807, 2.05) is 52.0 Å². The Kier molecular flexibility index (Phi) is 10.0. The van der Waals surface area contributed by atoms with Crippen LogP contribution >= 0.6 is 0 Å². The number of benzene rings is 2. The van der Waals surface area contributed by atoms with Crippen molar-refractivity contribution in [2.45, 2.75) is 59.2 Å². The van der Waals surface area contributed by atoms with E-state index in [0.717, 1.165) is 17.5 Å². The van der Waals surface area contributed by atoms with E-state index in [2.05, 4.69) is 5.32 Å². The average Bonchev–Trinajstić information content (AvgIpc) is 2.81. The molecule has 0 aliphatic heterocycles. The largest absolute Gasteiger partial charge is 0.496 e. The van der Waals surface area contributed by atoms with E-state index in [0.29, 0.717) is 30.2 Å². The van der Waals surface area contributed by atoms with Gasteiger partial charge >= 0.3 is 0 Å². The van der Waals surface area contributed by atoms with Crippen molar-refractivity contribution >= 4 is 11.8 Å². The second-order valence-corrected chi connectivity index (χ2v) is 8.09. The second kappa shape index (κ2) is 12.7. The third-order valence-electron chi connectivity index (χ3n) is 5.51. The van der Waals surface area contributed by atoms with Crippen LogP contribution in [-0.4, -0.2) is 49.6 Å². The van der Waals surface area contributed by atoms with E-state index in [-0.39, 0.29) is 24.5 Å². The van der Waals surface area contributed by atoms with Crippen LogP contribution in [0.3, 0.4) is 0 Å². The standard InChI is InChI=1S/C26H36N2O5/c1-7-19(4)27-26(30)24(8-2)28(16-20-11-9-10-18(3)12-20)25(29)17-33-23-14-21(31-5)13-22(15-23)32-6/h9-15,19,24H,7-8,16-17H2,1-6H3,(H,27,30). The molecule has 7 heteroatoms. The predicted molar refractivity (Wildman–Crippen MR) is 129 cm³/mol. The summed E-state index contributed by atoms with van der Waals surface area (Å²) in [6.45, 7) is 7.98. The molecule has 0 aromatic heterocycles. The Bertz CT molecular complexity index is 908. The van der Waals surface area contributed by atoms with E-state index >= 15 is 0 Å². The zero-order valence-electron chi connectivity index (χ0n) is 20.5. The number of nitrogens with zero attached hydrogens (tertiary/aromatic N) is 1. The minimum Gasteiger partial charge on any atom is -0.496 e. The number of carbonyl (C=O) groups excluding carboxylic acids is 2. The van der Waals surface area contributed by atoms with Crippen LogP contribution in [0.25, 0.3) is 0 Å². The lowest BCUT2D eigenvalue weighted by Crippen LogP contribution is -2.51. The molecule has 0 fully saturated rings. The third-order valence-corrected chi connectivity index (χ3v) is 5.51. The lowest BCUT2D eigenvalue weighted by molar-refractivity contribution is -0.143. The molecule has 2 aromatic rings. The SMILES string of the molecule is CCC(C)NC(=O)C(CC)N(Cc1cccc(C)c1)C(=O)COc1cc(OC)cc(OC)c1. The van der Waals surface area contributed by atoms with Gasteiger partial charge in [0.25, 0.3) is 5.91 Å². The fourth-order valence-electron chi connectivity index (χ4n) is 3.46. The van der Waals surface area contributed by atoms with Crippen molar-refractivity contribution in [3.05, 3.63) is 53.6 Å². The van der Waals surface area contributed by atoms with Gasteiger partial charge < -0.3 is 24.4 Å². The molecule has 180 valence electrons. The molecular formula is C26H36N2O5. The van der Waals surface area contributed by atoms with E-state index < -0.39 is 6.04 Å². The van der Waals surface area contributed by atoms with Crippen LogP contribution in [0.5, 0.6) is 17.2 Å². The van der Waals surface area contributed by atoms with Crippen LogP contribution in [0.15, 0.2) is 42.5 Å². The Balaban J connectivity index is 2.25. The van der Waals surface area contributed by atoms with Crippen molar-refractivity contribution in [2.24, 2.45) is 0 Å². The van der Waals surface area contributed by atoms with Gasteiger partial charge in [-0.05, 0) is 32.3 Å². The number of hydrogen-bond donors (Lipinski definition) is 1. The molecule has 0 bridgehead atoms. The lowest BCUT2D eigenvalue weighted by Gasteiger charge is -2.31. The number of hydrogen-bond acceptors (Lipinski definition) is 5. The maximum Gasteiger partial charge on any atom is 0.261 e. The monoisotopic (exact) mass is 456 g/mol. The Hall–Kier alpha value is -3.22. The highest BCUT2D eigenvalue weighted by atomic mass is 16.5. The molecule has 2 amide bonds. The quantitative estimate of drug-likeness (QED) is 0.520. The minimum absolute atomic E-state index is 0.0305. The van der Waals surface area contributed by atoms with Gasteiger partial charge in [0, 0.05) is 30.8 Å². The van der Waals surface area contributed by atoms with Gasteiger partial charge in [-0.15, -0.1) is 0 Å². The number of ether oxygens (including phenoxy) is 3. The number of aryl methyl sites for hydroxylation is 1. The molecule has 7 nitrogen and oxygen atoms in total. The molecule has 2 atom stereocenters. The molecule has 0 aliphatic carbocycles. The Morgan fingerprint density at radius 2 is 1.61 bits per heavy atom. The second-order valence-electron chi connectivity index (χ2n) is 8.09. The van der Waals surface area contributed by atoms with Crippen LogP contribution in [0, 0.1) is 6.92 Å². The van der Waals surface area contributed by atoms with Gasteiger partial charge in [-0.2, -0.15) is 0 Å². The minimum atomic E-state index is -0.601. The van der Waals surface area contributed by atoms with Crippen LogP contribution in [0.4, 0.5) is 0 Å². The molecule has 0 saturated carbocycles. The van der Waals surface area contributed by atoms with Gasteiger partial charge in [-0.1, -0.05) is 43.7 Å². The molecule has 0 aliphatic rings. The Labute approximate surface area is 197 Å². The molecule has 0 heterocycles. The molecule has 2 unspecified atom stereocenters. The summed E-state index contributed by atoms with van der Waals surface area (Å²) in [5.74, 6) is 1.15. The van der Waals surface area contributed by atoms with E-state index in [9.17, 15) is 9.59 Å². The first kappa shape index (κ1) is 26.0. The highest BCUT2D eigenvalue weighted by molar-refractivity contribution is 5.88. The molecule has 1 N–H and O–H groups in total. The molecule has 2 aromatic carbocycles. The van der Waals surface area contributed by atoms with Crippen molar-refractivity contribution in [2.75, 3.05) is 20.8 Å². The summed E-state index contributed by atoms with van der Waals surface area (Å²) in [6.07, 6.45) is 1.31. The van der Waals surface area contributed by atoms with Crippen LogP contribution in [-0.2, 0) is 16.1 Å². The van der Waals surface area contributed by atoms with E-state index in [4.69, 9.17) is 14.2 Å². The summed E-state index contributed by atoms with van der Waals surface area (Å²) in [6, 6.07) is 12.5. The topological polar surface area (TPSA) is 77.1 Å². The summed E-state index contributed by atoms with van der Waals surface area (Å²) in [7, 11) is 3.10. The normalized spacial score (nSPS) is 12.4. The Morgan fingerprint density at radius 3 is 2.15 bits per heavy atom. The fraction of sp³-hybridized carbons (Fsp3) is 0.462. The molecule has 0 radical (unpaired) electrons. The zero-order valence-corrected chi connectivity index (χ0v) is 20.5. The van der Waals surface area contributed by atoms with Gasteiger partial charge in [0.1, 0.15) is 23.3 Å². The highest BCUT2D eigenvalue weighted by Gasteiger charge is 2.29. The van der Waals surface area contributed by atoms with Crippen molar-refractivity contribution in [3.63, 3.8) is 0 Å². The lowest BCUT2D eigenvalue weighted by atomic mass is 10.1. The van der Waals surface area contributed by atoms with Gasteiger partial charge in [0.15, 0.2) is 6.61 Å². The van der Waals surface area contributed by atoms with Crippen LogP contribution in [0.1, 0.15) is 44.7 Å². The van der Waals surface area contributed by atoms with Crippen molar-refractivity contribution < 1.29 is 23.8 Å². The number of rotatable bonds is 12. The van der Waals surface area contributed by atoms with Crippen LogP contribution in [0.2, 0.25) is 0 Å². The van der Waals surface area contributed by atoms with Gasteiger partial charge in [0.05, 0.1) is 14.2 Å². The predicted octanol–water partition coefficient (Wildman–Crippen LogP) is 4.11. The third kappa shape index (κ3) is 7.70. The summed E-state index contributed by atoms with van der Waals surface area (Å²) in [5.41, 5.74) is 2.05.